The lowest BCUT2D eigenvalue weighted by molar-refractivity contribution is 0.0917. The first-order chi connectivity index (χ1) is 12.9. The van der Waals surface area contributed by atoms with Crippen molar-refractivity contribution in [2.24, 2.45) is 7.05 Å². The summed E-state index contributed by atoms with van der Waals surface area (Å²) in [5.41, 5.74) is 0.762. The summed E-state index contributed by atoms with van der Waals surface area (Å²) in [6.07, 6.45) is 1.58. The van der Waals surface area contributed by atoms with Gasteiger partial charge in [-0.25, -0.2) is 8.78 Å². The van der Waals surface area contributed by atoms with Crippen LogP contribution >= 0.6 is 0 Å². The number of amides is 1. The SMILES string of the molecule is Cn1nccc1CNC(=O)c1ccc(COc2c(F)c(F)cc(F)c2F)o1. The van der Waals surface area contributed by atoms with Crippen LogP contribution in [0.5, 0.6) is 5.75 Å². The lowest BCUT2D eigenvalue weighted by Gasteiger charge is -2.08. The van der Waals surface area contributed by atoms with Gasteiger partial charge in [-0.05, 0) is 18.2 Å². The molecule has 0 saturated heterocycles. The average Bonchev–Trinajstić information content (AvgIpc) is 3.27. The third kappa shape index (κ3) is 3.94. The minimum absolute atomic E-state index is 0.0316. The molecule has 2 aromatic heterocycles. The van der Waals surface area contributed by atoms with Crippen molar-refractivity contribution in [2.45, 2.75) is 13.2 Å². The summed E-state index contributed by atoms with van der Waals surface area (Å²) in [6, 6.07) is 4.47. The summed E-state index contributed by atoms with van der Waals surface area (Å²) >= 11 is 0. The van der Waals surface area contributed by atoms with Gasteiger partial charge in [-0.3, -0.25) is 9.48 Å². The van der Waals surface area contributed by atoms with E-state index in [1.807, 2.05) is 0 Å². The molecule has 1 N–H and O–H groups in total. The highest BCUT2D eigenvalue weighted by molar-refractivity contribution is 5.91. The number of aryl methyl sites for hydroxylation is 1. The fourth-order valence-electron chi connectivity index (χ4n) is 2.23. The van der Waals surface area contributed by atoms with Crippen molar-refractivity contribution in [2.75, 3.05) is 0 Å². The van der Waals surface area contributed by atoms with E-state index in [1.54, 1.807) is 24.0 Å². The molecule has 142 valence electrons. The second kappa shape index (κ2) is 7.52. The highest BCUT2D eigenvalue weighted by atomic mass is 19.2. The van der Waals surface area contributed by atoms with Crippen LogP contribution in [0.3, 0.4) is 0 Å². The van der Waals surface area contributed by atoms with Crippen molar-refractivity contribution in [1.29, 1.82) is 0 Å². The van der Waals surface area contributed by atoms with Crippen molar-refractivity contribution in [1.82, 2.24) is 15.1 Å². The fourth-order valence-corrected chi connectivity index (χ4v) is 2.23. The van der Waals surface area contributed by atoms with Gasteiger partial charge in [-0.15, -0.1) is 0 Å². The van der Waals surface area contributed by atoms with Crippen LogP contribution in [-0.2, 0) is 20.2 Å². The van der Waals surface area contributed by atoms with Crippen LogP contribution < -0.4 is 10.1 Å². The Balaban J connectivity index is 1.63. The van der Waals surface area contributed by atoms with Crippen LogP contribution in [0, 0.1) is 23.3 Å². The van der Waals surface area contributed by atoms with Gasteiger partial charge in [0.1, 0.15) is 12.4 Å². The highest BCUT2D eigenvalue weighted by Gasteiger charge is 2.21. The molecule has 0 aliphatic rings. The number of carbonyl (C=O) groups is 1. The molecule has 27 heavy (non-hydrogen) atoms. The maximum Gasteiger partial charge on any atom is 0.287 e. The molecule has 0 unspecified atom stereocenters. The molecule has 0 bridgehead atoms. The number of aromatic nitrogens is 2. The molecule has 1 amide bonds. The zero-order chi connectivity index (χ0) is 19.6. The molecule has 3 aromatic rings. The minimum Gasteiger partial charge on any atom is -0.479 e. The Labute approximate surface area is 150 Å². The predicted octanol–water partition coefficient (Wildman–Crippen LogP) is 3.08. The van der Waals surface area contributed by atoms with Crippen LogP contribution in [0.2, 0.25) is 0 Å². The maximum atomic E-state index is 13.5. The lowest BCUT2D eigenvalue weighted by atomic mass is 10.3. The fraction of sp³-hybridized carbons (Fsp3) is 0.176. The van der Waals surface area contributed by atoms with Gasteiger partial charge in [0.2, 0.25) is 11.6 Å². The minimum atomic E-state index is -1.66. The monoisotopic (exact) mass is 383 g/mol. The number of hydrogen-bond donors (Lipinski definition) is 1. The molecule has 0 saturated carbocycles. The molecule has 0 spiro atoms. The zero-order valence-electron chi connectivity index (χ0n) is 13.9. The molecular weight excluding hydrogens is 370 g/mol. The molecule has 1 aromatic carbocycles. The van der Waals surface area contributed by atoms with E-state index in [2.05, 4.69) is 10.4 Å². The molecule has 0 fully saturated rings. The topological polar surface area (TPSA) is 69.3 Å². The number of nitrogens with one attached hydrogen (secondary N) is 1. The molecular formula is C17H13F4N3O3. The number of ether oxygens (including phenoxy) is 1. The van der Waals surface area contributed by atoms with Crippen LogP contribution in [0.15, 0.2) is 34.9 Å². The van der Waals surface area contributed by atoms with E-state index in [0.29, 0.717) is 0 Å². The normalized spacial score (nSPS) is 10.9. The Bertz CT molecular complexity index is 958. The van der Waals surface area contributed by atoms with E-state index >= 15 is 0 Å². The first-order valence-corrected chi connectivity index (χ1v) is 7.66. The second-order valence-corrected chi connectivity index (χ2v) is 5.48. The van der Waals surface area contributed by atoms with E-state index in [4.69, 9.17) is 9.15 Å². The van der Waals surface area contributed by atoms with Gasteiger partial charge in [0.05, 0.1) is 12.2 Å². The van der Waals surface area contributed by atoms with Gasteiger partial charge in [0, 0.05) is 19.3 Å². The number of nitrogens with zero attached hydrogens (tertiary/aromatic N) is 2. The first kappa shape index (κ1) is 18.5. The van der Waals surface area contributed by atoms with Crippen molar-refractivity contribution in [3.8, 4) is 5.75 Å². The molecule has 10 heteroatoms. The van der Waals surface area contributed by atoms with Crippen molar-refractivity contribution in [3.05, 3.63) is 70.9 Å². The number of hydrogen-bond acceptors (Lipinski definition) is 4. The summed E-state index contributed by atoms with van der Waals surface area (Å²) in [5.74, 6) is -8.25. The summed E-state index contributed by atoms with van der Waals surface area (Å²) in [5, 5.41) is 6.57. The number of furan rings is 1. The summed E-state index contributed by atoms with van der Waals surface area (Å²) in [6.45, 7) is -0.327. The number of carbonyl (C=O) groups excluding carboxylic acids is 1. The lowest BCUT2D eigenvalue weighted by Crippen LogP contribution is -2.23. The van der Waals surface area contributed by atoms with Gasteiger partial charge in [0.25, 0.3) is 5.91 Å². The van der Waals surface area contributed by atoms with Crippen LogP contribution in [0.1, 0.15) is 22.0 Å². The van der Waals surface area contributed by atoms with E-state index in [1.165, 1.54) is 12.1 Å². The Kier molecular flexibility index (Phi) is 5.15. The Morgan fingerprint density at radius 3 is 2.52 bits per heavy atom. The molecule has 0 aliphatic carbocycles. The number of halogens is 4. The molecule has 6 nitrogen and oxygen atoms in total. The van der Waals surface area contributed by atoms with Crippen molar-refractivity contribution < 1.29 is 31.5 Å². The number of rotatable bonds is 6. The Morgan fingerprint density at radius 2 is 1.89 bits per heavy atom. The zero-order valence-corrected chi connectivity index (χ0v) is 13.9. The Morgan fingerprint density at radius 1 is 1.19 bits per heavy atom. The van der Waals surface area contributed by atoms with Crippen molar-refractivity contribution in [3.63, 3.8) is 0 Å². The molecule has 0 aliphatic heterocycles. The van der Waals surface area contributed by atoms with Crippen LogP contribution in [-0.4, -0.2) is 15.7 Å². The molecule has 3 rings (SSSR count). The summed E-state index contributed by atoms with van der Waals surface area (Å²) in [4.78, 5) is 12.0. The third-order valence-electron chi connectivity index (χ3n) is 3.67. The van der Waals surface area contributed by atoms with Gasteiger partial charge in [-0.1, -0.05) is 0 Å². The third-order valence-corrected chi connectivity index (χ3v) is 3.67. The maximum absolute atomic E-state index is 13.5. The largest absolute Gasteiger partial charge is 0.479 e. The summed E-state index contributed by atoms with van der Waals surface area (Å²) < 4.78 is 64.9. The first-order valence-electron chi connectivity index (χ1n) is 7.66. The van der Waals surface area contributed by atoms with E-state index in [0.717, 1.165) is 5.69 Å². The quantitative estimate of drug-likeness (QED) is 0.525. The highest BCUT2D eigenvalue weighted by Crippen LogP contribution is 2.27. The van der Waals surface area contributed by atoms with Crippen molar-refractivity contribution >= 4 is 5.91 Å². The van der Waals surface area contributed by atoms with E-state index < -0.39 is 41.5 Å². The van der Waals surface area contributed by atoms with Gasteiger partial charge in [0.15, 0.2) is 23.1 Å². The Hall–Kier alpha value is -3.30. The van der Waals surface area contributed by atoms with Gasteiger partial charge >= 0.3 is 0 Å². The van der Waals surface area contributed by atoms with Crippen LogP contribution in [0.25, 0.3) is 0 Å². The number of benzene rings is 1. The molecule has 0 radical (unpaired) electrons. The molecule has 2 heterocycles. The molecule has 0 atom stereocenters. The van der Waals surface area contributed by atoms with Crippen LogP contribution in [0.4, 0.5) is 17.6 Å². The second-order valence-electron chi connectivity index (χ2n) is 5.48. The standard InChI is InChI=1S/C17H13F4N3O3/c1-24-9(4-5-23-24)7-22-17(25)13-3-2-10(27-13)8-26-16-14(20)11(18)6-12(19)15(16)21/h2-6H,7-8H2,1H3,(H,22,25). The van der Waals surface area contributed by atoms with Gasteiger partial charge < -0.3 is 14.5 Å². The summed E-state index contributed by atoms with van der Waals surface area (Å²) in [7, 11) is 1.72. The van der Waals surface area contributed by atoms with E-state index in [9.17, 15) is 22.4 Å². The predicted molar refractivity (Wildman–Crippen MR) is 83.7 cm³/mol. The smallest absolute Gasteiger partial charge is 0.287 e. The van der Waals surface area contributed by atoms with E-state index in [-0.39, 0.29) is 24.1 Å². The van der Waals surface area contributed by atoms with Gasteiger partial charge in [-0.2, -0.15) is 13.9 Å². The average molecular weight is 383 g/mol.